The van der Waals surface area contributed by atoms with Crippen LogP contribution in [0.5, 0.6) is 0 Å². The molecule has 28 heavy (non-hydrogen) atoms. The van der Waals surface area contributed by atoms with Crippen molar-refractivity contribution in [3.8, 4) is 0 Å². The van der Waals surface area contributed by atoms with Gasteiger partial charge in [-0.3, -0.25) is 9.69 Å². The second-order valence-electron chi connectivity index (χ2n) is 7.12. The molecular weight excluding hydrogens is 395 g/mol. The first kappa shape index (κ1) is 21.2. The molecule has 1 saturated heterocycles. The van der Waals surface area contributed by atoms with Crippen molar-refractivity contribution in [2.24, 2.45) is 5.92 Å². The van der Waals surface area contributed by atoms with Gasteiger partial charge in [0.25, 0.3) is 0 Å². The molecule has 0 unspecified atom stereocenters. The highest BCUT2D eigenvalue weighted by Gasteiger charge is 2.25. The molecule has 1 amide bonds. The molecule has 1 N–H and O–H groups in total. The van der Waals surface area contributed by atoms with E-state index >= 15 is 0 Å². The maximum Gasteiger partial charge on any atom is 0.223 e. The third kappa shape index (κ3) is 6.50. The van der Waals surface area contributed by atoms with Crippen molar-refractivity contribution in [1.29, 1.82) is 0 Å². The molecule has 150 valence electrons. The first-order chi connectivity index (χ1) is 13.6. The number of hydrogen-bond donors (Lipinski definition) is 1. The van der Waals surface area contributed by atoms with Crippen molar-refractivity contribution in [2.75, 3.05) is 25.4 Å². The number of carbonyl (C=O) groups excluding carboxylic acids is 1. The number of thioether (sulfide) groups is 1. The predicted molar refractivity (Wildman–Crippen MR) is 115 cm³/mol. The van der Waals surface area contributed by atoms with E-state index in [0.717, 1.165) is 48.0 Å². The largest absolute Gasteiger partial charge is 0.355 e. The number of carbonyl (C=O) groups is 1. The standard InChI is InChI=1S/C22H26ClFN2OS/c23-20-6-3-4-17(14-20)16-28-13-10-25-22(27)18-8-11-26(12-9-18)15-19-5-1-2-7-21(19)24/h1-7,14,18H,8-13,15-16H2,(H,25,27). The number of likely N-dealkylation sites (tertiary alicyclic amines) is 1. The van der Waals surface area contributed by atoms with Gasteiger partial charge < -0.3 is 5.32 Å². The summed E-state index contributed by atoms with van der Waals surface area (Å²) in [4.78, 5) is 14.6. The minimum atomic E-state index is -0.155. The number of rotatable bonds is 8. The molecule has 0 bridgehead atoms. The fraction of sp³-hybridized carbons (Fsp3) is 0.409. The molecule has 3 rings (SSSR count). The zero-order valence-electron chi connectivity index (χ0n) is 15.9. The van der Waals surface area contributed by atoms with E-state index in [4.69, 9.17) is 11.6 Å². The van der Waals surface area contributed by atoms with Gasteiger partial charge in [0, 0.05) is 41.1 Å². The van der Waals surface area contributed by atoms with Gasteiger partial charge in [-0.25, -0.2) is 4.39 Å². The zero-order valence-corrected chi connectivity index (χ0v) is 17.4. The van der Waals surface area contributed by atoms with E-state index in [0.29, 0.717) is 13.1 Å². The highest BCUT2D eigenvalue weighted by atomic mass is 35.5. The highest BCUT2D eigenvalue weighted by Crippen LogP contribution is 2.20. The van der Waals surface area contributed by atoms with Crippen LogP contribution in [-0.2, 0) is 17.1 Å². The van der Waals surface area contributed by atoms with Crippen molar-refractivity contribution in [3.05, 3.63) is 70.5 Å². The molecule has 0 aliphatic carbocycles. The Bertz CT molecular complexity index is 781. The lowest BCUT2D eigenvalue weighted by molar-refractivity contribution is -0.126. The first-order valence-corrected chi connectivity index (χ1v) is 11.2. The number of benzene rings is 2. The van der Waals surface area contributed by atoms with E-state index in [1.54, 1.807) is 17.8 Å². The topological polar surface area (TPSA) is 32.3 Å². The van der Waals surface area contributed by atoms with Crippen LogP contribution in [0.4, 0.5) is 4.39 Å². The molecule has 1 heterocycles. The van der Waals surface area contributed by atoms with Gasteiger partial charge in [-0.1, -0.05) is 41.9 Å². The fourth-order valence-corrected chi connectivity index (χ4v) is 4.45. The van der Waals surface area contributed by atoms with E-state index < -0.39 is 0 Å². The van der Waals surface area contributed by atoms with Crippen molar-refractivity contribution < 1.29 is 9.18 Å². The Morgan fingerprint density at radius 2 is 1.96 bits per heavy atom. The summed E-state index contributed by atoms with van der Waals surface area (Å²) in [6.07, 6.45) is 1.66. The van der Waals surface area contributed by atoms with Crippen LogP contribution in [0.25, 0.3) is 0 Å². The molecule has 1 aliphatic heterocycles. The van der Waals surface area contributed by atoms with Gasteiger partial charge in [-0.05, 0) is 49.7 Å². The minimum absolute atomic E-state index is 0.0646. The van der Waals surface area contributed by atoms with Crippen LogP contribution in [0.2, 0.25) is 5.02 Å². The molecule has 1 fully saturated rings. The fourth-order valence-electron chi connectivity index (χ4n) is 3.43. The third-order valence-corrected chi connectivity index (χ3v) is 6.28. The Balaban J connectivity index is 1.31. The van der Waals surface area contributed by atoms with E-state index in [1.807, 2.05) is 30.3 Å². The SMILES string of the molecule is O=C(NCCSCc1cccc(Cl)c1)C1CCN(Cc2ccccc2F)CC1. The summed E-state index contributed by atoms with van der Waals surface area (Å²) in [6, 6.07) is 14.8. The molecule has 0 saturated carbocycles. The van der Waals surface area contributed by atoms with Crippen LogP contribution in [0.3, 0.4) is 0 Å². The van der Waals surface area contributed by atoms with Crippen LogP contribution in [0.1, 0.15) is 24.0 Å². The molecule has 2 aromatic carbocycles. The average Bonchev–Trinajstić information content (AvgIpc) is 2.70. The molecule has 6 heteroatoms. The number of piperidine rings is 1. The van der Waals surface area contributed by atoms with E-state index in [-0.39, 0.29) is 17.6 Å². The molecule has 0 aromatic heterocycles. The lowest BCUT2D eigenvalue weighted by Gasteiger charge is -2.31. The summed E-state index contributed by atoms with van der Waals surface area (Å²) in [7, 11) is 0. The Morgan fingerprint density at radius 3 is 2.71 bits per heavy atom. The average molecular weight is 421 g/mol. The van der Waals surface area contributed by atoms with Gasteiger partial charge in [-0.15, -0.1) is 0 Å². The Kier molecular flexibility index (Phi) is 8.19. The smallest absolute Gasteiger partial charge is 0.223 e. The summed E-state index contributed by atoms with van der Waals surface area (Å²) in [5.41, 5.74) is 1.92. The molecule has 0 radical (unpaired) electrons. The van der Waals surface area contributed by atoms with Crippen molar-refractivity contribution in [1.82, 2.24) is 10.2 Å². The summed E-state index contributed by atoms with van der Waals surface area (Å²) in [5, 5.41) is 3.82. The highest BCUT2D eigenvalue weighted by molar-refractivity contribution is 7.98. The van der Waals surface area contributed by atoms with Crippen molar-refractivity contribution in [2.45, 2.75) is 25.1 Å². The number of amides is 1. The van der Waals surface area contributed by atoms with Gasteiger partial charge in [0.2, 0.25) is 5.91 Å². The summed E-state index contributed by atoms with van der Waals surface area (Å²) < 4.78 is 13.8. The summed E-state index contributed by atoms with van der Waals surface area (Å²) in [5.74, 6) is 1.83. The Labute approximate surface area is 175 Å². The number of hydrogen-bond acceptors (Lipinski definition) is 3. The van der Waals surface area contributed by atoms with Gasteiger partial charge in [-0.2, -0.15) is 11.8 Å². The normalized spacial score (nSPS) is 15.5. The van der Waals surface area contributed by atoms with Gasteiger partial charge in [0.15, 0.2) is 0 Å². The molecule has 2 aromatic rings. The second-order valence-corrected chi connectivity index (χ2v) is 8.66. The molecule has 3 nitrogen and oxygen atoms in total. The number of nitrogens with zero attached hydrogens (tertiary/aromatic N) is 1. The van der Waals surface area contributed by atoms with Crippen molar-refractivity contribution >= 4 is 29.3 Å². The predicted octanol–water partition coefficient (Wildman–Crippen LogP) is 4.74. The molecular formula is C22H26ClFN2OS. The van der Waals surface area contributed by atoms with Crippen LogP contribution < -0.4 is 5.32 Å². The van der Waals surface area contributed by atoms with Gasteiger partial charge in [0.1, 0.15) is 5.82 Å². The minimum Gasteiger partial charge on any atom is -0.355 e. The molecule has 1 aliphatic rings. The Hall–Kier alpha value is -1.56. The number of nitrogens with one attached hydrogen (secondary N) is 1. The van der Waals surface area contributed by atoms with Gasteiger partial charge in [0.05, 0.1) is 0 Å². The van der Waals surface area contributed by atoms with Crippen molar-refractivity contribution in [3.63, 3.8) is 0 Å². The molecule has 0 atom stereocenters. The first-order valence-electron chi connectivity index (χ1n) is 9.67. The van der Waals surface area contributed by atoms with E-state index in [9.17, 15) is 9.18 Å². The van der Waals surface area contributed by atoms with Crippen LogP contribution in [0.15, 0.2) is 48.5 Å². The van der Waals surface area contributed by atoms with E-state index in [1.165, 1.54) is 11.6 Å². The molecule has 0 spiro atoms. The van der Waals surface area contributed by atoms with Crippen LogP contribution in [0, 0.1) is 11.7 Å². The number of halogens is 2. The van der Waals surface area contributed by atoms with Crippen LogP contribution in [-0.4, -0.2) is 36.2 Å². The van der Waals surface area contributed by atoms with E-state index in [2.05, 4.69) is 16.3 Å². The quantitative estimate of drug-likeness (QED) is 0.626. The summed E-state index contributed by atoms with van der Waals surface area (Å²) >= 11 is 7.78. The lowest BCUT2D eigenvalue weighted by atomic mass is 9.95. The maximum atomic E-state index is 13.8. The lowest BCUT2D eigenvalue weighted by Crippen LogP contribution is -2.40. The second kappa shape index (κ2) is 10.8. The third-order valence-electron chi connectivity index (χ3n) is 5.01. The summed E-state index contributed by atoms with van der Waals surface area (Å²) in [6.45, 7) is 2.95. The maximum absolute atomic E-state index is 13.8. The zero-order chi connectivity index (χ0) is 19.8. The monoisotopic (exact) mass is 420 g/mol. The van der Waals surface area contributed by atoms with Gasteiger partial charge >= 0.3 is 0 Å². The van der Waals surface area contributed by atoms with Crippen LogP contribution >= 0.6 is 23.4 Å². The Morgan fingerprint density at radius 1 is 1.18 bits per heavy atom.